The summed E-state index contributed by atoms with van der Waals surface area (Å²) >= 11 is 0. The van der Waals surface area contributed by atoms with Crippen LogP contribution >= 0.6 is 0 Å². The maximum absolute atomic E-state index is 13.5. The van der Waals surface area contributed by atoms with Crippen LogP contribution in [0.1, 0.15) is 28.4 Å². The summed E-state index contributed by atoms with van der Waals surface area (Å²) in [6.45, 7) is 2.87. The predicted octanol–water partition coefficient (Wildman–Crippen LogP) is 4.47. The molecule has 2 unspecified atom stereocenters. The molecule has 0 N–H and O–H groups in total. The van der Waals surface area contributed by atoms with Gasteiger partial charge in [0, 0.05) is 12.2 Å². The van der Waals surface area contributed by atoms with E-state index in [4.69, 9.17) is 0 Å². The minimum atomic E-state index is -0.105. The second-order valence-electron chi connectivity index (χ2n) is 7.49. The number of carbonyl (C=O) groups excluding carboxylic acids is 1. The molecule has 27 heavy (non-hydrogen) atoms. The lowest BCUT2D eigenvalue weighted by molar-refractivity contribution is -0.119. The van der Waals surface area contributed by atoms with Gasteiger partial charge in [0.05, 0.1) is 6.04 Å². The first-order chi connectivity index (χ1) is 13.2. The predicted molar refractivity (Wildman–Crippen MR) is 107 cm³/mol. The highest BCUT2D eigenvalue weighted by Crippen LogP contribution is 2.42. The monoisotopic (exact) mass is 354 g/mol. The third kappa shape index (κ3) is 2.66. The van der Waals surface area contributed by atoms with Crippen LogP contribution in [0.2, 0.25) is 0 Å². The van der Waals surface area contributed by atoms with Crippen molar-refractivity contribution < 1.29 is 4.79 Å². The van der Waals surface area contributed by atoms with Crippen LogP contribution in [0.25, 0.3) is 0 Å². The lowest BCUT2D eigenvalue weighted by atomic mass is 9.94. The Morgan fingerprint density at radius 3 is 2.22 bits per heavy atom. The number of aryl methyl sites for hydroxylation is 1. The van der Waals surface area contributed by atoms with E-state index in [0.717, 1.165) is 24.2 Å². The van der Waals surface area contributed by atoms with E-state index < -0.39 is 0 Å². The van der Waals surface area contributed by atoms with Gasteiger partial charge in [0.2, 0.25) is 5.91 Å². The standard InChI is InChI=1S/C24H22N2O/c1-17-11-13-21(14-12-17)26-23(18-7-3-2-4-8-18)25-16-20-10-6-5-9-19(20)15-22(25)24(26)27/h2-14,22-23H,15-16H2,1H3. The Kier molecular flexibility index (Phi) is 3.83. The van der Waals surface area contributed by atoms with Crippen LogP contribution in [0.15, 0.2) is 78.9 Å². The number of benzene rings is 3. The molecule has 3 nitrogen and oxygen atoms in total. The molecule has 1 fully saturated rings. The molecule has 1 amide bonds. The number of rotatable bonds is 2. The molecule has 2 atom stereocenters. The number of fused-ring (bicyclic) bond motifs is 2. The van der Waals surface area contributed by atoms with Crippen LogP contribution in [-0.4, -0.2) is 16.8 Å². The first kappa shape index (κ1) is 16.3. The van der Waals surface area contributed by atoms with Crippen molar-refractivity contribution in [2.45, 2.75) is 32.1 Å². The zero-order chi connectivity index (χ0) is 18.4. The Morgan fingerprint density at radius 2 is 1.48 bits per heavy atom. The van der Waals surface area contributed by atoms with Gasteiger partial charge in [-0.05, 0) is 42.2 Å². The fourth-order valence-electron chi connectivity index (χ4n) is 4.40. The molecule has 0 saturated carbocycles. The summed E-state index contributed by atoms with van der Waals surface area (Å²) in [5.74, 6) is 0.196. The molecule has 5 rings (SSSR count). The van der Waals surface area contributed by atoms with E-state index in [2.05, 4.69) is 84.6 Å². The molecular formula is C24H22N2O. The summed E-state index contributed by atoms with van der Waals surface area (Å²) in [5.41, 5.74) is 5.95. The van der Waals surface area contributed by atoms with Gasteiger partial charge in [0.15, 0.2) is 0 Å². The Morgan fingerprint density at radius 1 is 0.815 bits per heavy atom. The van der Waals surface area contributed by atoms with Gasteiger partial charge >= 0.3 is 0 Å². The van der Waals surface area contributed by atoms with Crippen molar-refractivity contribution in [3.05, 3.63) is 101 Å². The minimum Gasteiger partial charge on any atom is -0.291 e. The molecule has 0 spiro atoms. The van der Waals surface area contributed by atoms with Crippen molar-refractivity contribution in [2.75, 3.05) is 4.90 Å². The number of amides is 1. The van der Waals surface area contributed by atoms with Crippen molar-refractivity contribution >= 4 is 11.6 Å². The van der Waals surface area contributed by atoms with Crippen molar-refractivity contribution in [3.63, 3.8) is 0 Å². The van der Waals surface area contributed by atoms with Gasteiger partial charge in [-0.15, -0.1) is 0 Å². The molecule has 0 bridgehead atoms. The van der Waals surface area contributed by atoms with E-state index >= 15 is 0 Å². The lowest BCUT2D eigenvalue weighted by Crippen LogP contribution is -2.39. The summed E-state index contributed by atoms with van der Waals surface area (Å²) in [6.07, 6.45) is 0.709. The van der Waals surface area contributed by atoms with Gasteiger partial charge in [0.25, 0.3) is 0 Å². The molecule has 0 aliphatic carbocycles. The van der Waals surface area contributed by atoms with E-state index in [1.54, 1.807) is 0 Å². The normalized spacial score (nSPS) is 21.8. The van der Waals surface area contributed by atoms with Crippen LogP contribution < -0.4 is 4.90 Å². The minimum absolute atomic E-state index is 0.0697. The summed E-state index contributed by atoms with van der Waals surface area (Å²) in [5, 5.41) is 0. The molecule has 2 aliphatic rings. The number of hydrogen-bond acceptors (Lipinski definition) is 2. The van der Waals surface area contributed by atoms with Gasteiger partial charge in [-0.25, -0.2) is 0 Å². The molecule has 1 saturated heterocycles. The zero-order valence-electron chi connectivity index (χ0n) is 15.4. The number of carbonyl (C=O) groups is 1. The molecule has 2 heterocycles. The van der Waals surface area contributed by atoms with E-state index in [0.29, 0.717) is 0 Å². The van der Waals surface area contributed by atoms with Crippen LogP contribution in [0.3, 0.4) is 0 Å². The topological polar surface area (TPSA) is 23.6 Å². The number of anilines is 1. The van der Waals surface area contributed by atoms with Crippen molar-refractivity contribution in [3.8, 4) is 0 Å². The maximum atomic E-state index is 13.5. The second-order valence-corrected chi connectivity index (χ2v) is 7.49. The van der Waals surface area contributed by atoms with E-state index in [9.17, 15) is 4.79 Å². The summed E-state index contributed by atoms with van der Waals surface area (Å²) < 4.78 is 0. The average Bonchev–Trinajstić information content (AvgIpc) is 2.99. The highest BCUT2D eigenvalue weighted by molar-refractivity contribution is 6.00. The third-order valence-corrected chi connectivity index (χ3v) is 5.78. The van der Waals surface area contributed by atoms with Crippen LogP contribution in [-0.2, 0) is 17.8 Å². The van der Waals surface area contributed by atoms with Crippen LogP contribution in [0.4, 0.5) is 5.69 Å². The van der Waals surface area contributed by atoms with Crippen molar-refractivity contribution in [2.24, 2.45) is 0 Å². The Hall–Kier alpha value is -2.91. The van der Waals surface area contributed by atoms with Gasteiger partial charge in [-0.3, -0.25) is 14.6 Å². The van der Waals surface area contributed by atoms with Crippen LogP contribution in [0.5, 0.6) is 0 Å². The number of nitrogens with zero attached hydrogens (tertiary/aromatic N) is 2. The Balaban J connectivity index is 1.63. The molecule has 0 aromatic heterocycles. The summed E-state index contributed by atoms with van der Waals surface area (Å²) in [4.78, 5) is 17.9. The second kappa shape index (κ2) is 6.36. The molecule has 134 valence electrons. The maximum Gasteiger partial charge on any atom is 0.246 e. The molecule has 3 heteroatoms. The molecule has 2 aliphatic heterocycles. The summed E-state index contributed by atoms with van der Waals surface area (Å²) in [6, 6.07) is 27.1. The molecule has 3 aromatic carbocycles. The smallest absolute Gasteiger partial charge is 0.246 e. The fourth-order valence-corrected chi connectivity index (χ4v) is 4.40. The van der Waals surface area contributed by atoms with Crippen molar-refractivity contribution in [1.82, 2.24) is 4.90 Å². The quantitative estimate of drug-likeness (QED) is 0.678. The molecule has 3 aromatic rings. The highest BCUT2D eigenvalue weighted by atomic mass is 16.2. The fraction of sp³-hybridized carbons (Fsp3) is 0.208. The molecule has 0 radical (unpaired) electrons. The lowest BCUT2D eigenvalue weighted by Gasteiger charge is -2.34. The van der Waals surface area contributed by atoms with Gasteiger partial charge in [-0.2, -0.15) is 0 Å². The first-order valence-electron chi connectivity index (χ1n) is 9.49. The SMILES string of the molecule is Cc1ccc(N2C(=O)C3Cc4ccccc4CN3C2c2ccccc2)cc1. The molecular weight excluding hydrogens is 332 g/mol. The first-order valence-corrected chi connectivity index (χ1v) is 9.49. The third-order valence-electron chi connectivity index (χ3n) is 5.78. The van der Waals surface area contributed by atoms with Gasteiger partial charge in [0.1, 0.15) is 6.17 Å². The number of hydrogen-bond donors (Lipinski definition) is 0. The van der Waals surface area contributed by atoms with E-state index in [-0.39, 0.29) is 18.1 Å². The van der Waals surface area contributed by atoms with Crippen LogP contribution in [0, 0.1) is 6.92 Å². The van der Waals surface area contributed by atoms with Crippen molar-refractivity contribution in [1.29, 1.82) is 0 Å². The van der Waals surface area contributed by atoms with E-state index in [1.807, 2.05) is 11.0 Å². The largest absolute Gasteiger partial charge is 0.291 e. The Bertz CT molecular complexity index is 981. The average molecular weight is 354 g/mol. The summed E-state index contributed by atoms with van der Waals surface area (Å²) in [7, 11) is 0. The van der Waals surface area contributed by atoms with Gasteiger partial charge in [-0.1, -0.05) is 72.3 Å². The highest BCUT2D eigenvalue weighted by Gasteiger charge is 2.48. The van der Waals surface area contributed by atoms with E-state index in [1.165, 1.54) is 16.7 Å². The zero-order valence-corrected chi connectivity index (χ0v) is 15.4. The van der Waals surface area contributed by atoms with Gasteiger partial charge < -0.3 is 0 Å². The Labute approximate surface area is 159 Å².